The van der Waals surface area contributed by atoms with Crippen molar-refractivity contribution in [3.63, 3.8) is 0 Å². The summed E-state index contributed by atoms with van der Waals surface area (Å²) >= 11 is 0. The van der Waals surface area contributed by atoms with E-state index in [1.165, 1.54) is 0 Å². The van der Waals surface area contributed by atoms with E-state index in [1.54, 1.807) is 19.1 Å². The first kappa shape index (κ1) is 22.8. The van der Waals surface area contributed by atoms with Crippen molar-refractivity contribution in [1.29, 1.82) is 0 Å². The first-order valence-corrected chi connectivity index (χ1v) is 12.4. The van der Waals surface area contributed by atoms with Crippen molar-refractivity contribution in [3.05, 3.63) is 102 Å². The Labute approximate surface area is 193 Å². The van der Waals surface area contributed by atoms with Crippen LogP contribution in [-0.4, -0.2) is 12.0 Å². The molecule has 0 radical (unpaired) electrons. The highest BCUT2D eigenvalue weighted by Crippen LogP contribution is 2.49. The van der Waals surface area contributed by atoms with Crippen molar-refractivity contribution in [1.82, 2.24) is 5.09 Å². The van der Waals surface area contributed by atoms with Crippen LogP contribution in [0.3, 0.4) is 0 Å². The molecule has 1 aliphatic rings. The van der Waals surface area contributed by atoms with Gasteiger partial charge in [0.1, 0.15) is 24.2 Å². The van der Waals surface area contributed by atoms with Crippen LogP contribution in [0.2, 0.25) is 0 Å². The van der Waals surface area contributed by atoms with Crippen LogP contribution in [0.4, 0.5) is 0 Å². The number of carbonyl (C=O) groups excluding carboxylic acids is 1. The third-order valence-corrected chi connectivity index (χ3v) is 6.68. The molecule has 170 valence electrons. The Balaban J connectivity index is 1.53. The lowest BCUT2D eigenvalue weighted by Gasteiger charge is -2.24. The predicted molar refractivity (Wildman–Crippen MR) is 129 cm³/mol. The Morgan fingerprint density at radius 1 is 0.970 bits per heavy atom. The van der Waals surface area contributed by atoms with E-state index in [0.717, 1.165) is 29.2 Å². The molecule has 3 aromatic carbocycles. The maximum Gasteiger partial charge on any atom is 0.513 e. The fourth-order valence-electron chi connectivity index (χ4n) is 3.42. The van der Waals surface area contributed by atoms with E-state index in [-0.39, 0.29) is 6.61 Å². The van der Waals surface area contributed by atoms with E-state index in [0.29, 0.717) is 11.5 Å². The quantitative estimate of drug-likeness (QED) is 0.297. The number of allylic oxidation sites excluding steroid dienone is 3. The summed E-state index contributed by atoms with van der Waals surface area (Å²) < 4.78 is 31.0. The molecule has 0 spiro atoms. The average molecular weight is 463 g/mol. The molecule has 0 fully saturated rings. The Kier molecular flexibility index (Phi) is 7.28. The topological polar surface area (TPSA) is 73.9 Å². The highest BCUT2D eigenvalue weighted by Gasteiger charge is 2.34. The van der Waals surface area contributed by atoms with Gasteiger partial charge in [0, 0.05) is 5.39 Å². The van der Waals surface area contributed by atoms with Gasteiger partial charge < -0.3 is 13.8 Å². The van der Waals surface area contributed by atoms with Crippen LogP contribution in [0.25, 0.3) is 10.8 Å². The molecule has 0 saturated heterocycles. The van der Waals surface area contributed by atoms with Gasteiger partial charge in [-0.1, -0.05) is 72.8 Å². The number of hydrogen-bond donors (Lipinski definition) is 1. The highest BCUT2D eigenvalue weighted by atomic mass is 31.2. The van der Waals surface area contributed by atoms with Gasteiger partial charge in [-0.05, 0) is 48.9 Å². The predicted octanol–water partition coefficient (Wildman–Crippen LogP) is 6.30. The molecule has 2 atom stereocenters. The van der Waals surface area contributed by atoms with Gasteiger partial charge in [0.2, 0.25) is 0 Å². The molecule has 33 heavy (non-hydrogen) atoms. The first-order chi connectivity index (χ1) is 16.0. The Hall–Kier alpha value is -3.34. The Morgan fingerprint density at radius 2 is 1.73 bits per heavy atom. The molecular formula is C26H26NO5P. The van der Waals surface area contributed by atoms with Crippen LogP contribution in [-0.2, 0) is 25.2 Å². The van der Waals surface area contributed by atoms with Crippen molar-refractivity contribution in [3.8, 4) is 5.75 Å². The molecule has 0 amide bonds. The molecule has 4 rings (SSSR count). The second-order valence-electron chi connectivity index (χ2n) is 7.69. The van der Waals surface area contributed by atoms with E-state index in [4.69, 9.17) is 13.8 Å². The van der Waals surface area contributed by atoms with Gasteiger partial charge in [-0.3, -0.25) is 4.79 Å². The summed E-state index contributed by atoms with van der Waals surface area (Å²) in [7, 11) is -3.99. The van der Waals surface area contributed by atoms with Gasteiger partial charge in [0.05, 0.1) is 0 Å². The molecular weight excluding hydrogens is 437 g/mol. The maximum atomic E-state index is 13.8. The smallest absolute Gasteiger partial charge is 0.460 e. The lowest BCUT2D eigenvalue weighted by Crippen LogP contribution is -2.35. The fourth-order valence-corrected chi connectivity index (χ4v) is 4.97. The number of carbonyl (C=O) groups is 1. The molecule has 6 nitrogen and oxygen atoms in total. The zero-order valence-corrected chi connectivity index (χ0v) is 19.2. The van der Waals surface area contributed by atoms with Crippen molar-refractivity contribution < 1.29 is 23.1 Å². The monoisotopic (exact) mass is 463 g/mol. The molecule has 0 bridgehead atoms. The number of benzene rings is 3. The fraction of sp³-hybridized carbons (Fsp3) is 0.192. The third-order valence-electron chi connectivity index (χ3n) is 5.08. The second-order valence-corrected chi connectivity index (χ2v) is 9.31. The second kappa shape index (κ2) is 10.5. The summed E-state index contributed by atoms with van der Waals surface area (Å²) in [6.45, 7) is 1.69. The van der Waals surface area contributed by atoms with Gasteiger partial charge in [-0.25, -0.2) is 4.57 Å². The van der Waals surface area contributed by atoms with Crippen LogP contribution in [0, 0.1) is 0 Å². The first-order valence-electron chi connectivity index (χ1n) is 10.8. The number of fused-ring (bicyclic) bond motifs is 1. The maximum absolute atomic E-state index is 13.8. The number of rotatable bonds is 9. The van der Waals surface area contributed by atoms with E-state index in [2.05, 4.69) is 5.09 Å². The SMILES string of the molecule is C[C@H](NP(=O)(OC1=CCCC=C1)Oc1cccc2ccccc12)C(=O)OCc1ccccc1. The van der Waals surface area contributed by atoms with Gasteiger partial charge in [0.15, 0.2) is 0 Å². The Bertz CT molecular complexity index is 1220. The van der Waals surface area contributed by atoms with E-state index < -0.39 is 19.8 Å². The average Bonchev–Trinajstić information content (AvgIpc) is 2.84. The van der Waals surface area contributed by atoms with Crippen molar-refractivity contribution in [2.75, 3.05) is 0 Å². The van der Waals surface area contributed by atoms with Gasteiger partial charge >= 0.3 is 13.7 Å². The third kappa shape index (κ3) is 6.13. The summed E-state index contributed by atoms with van der Waals surface area (Å²) in [5, 5.41) is 4.48. The van der Waals surface area contributed by atoms with Crippen LogP contribution in [0.5, 0.6) is 5.75 Å². The van der Waals surface area contributed by atoms with Crippen LogP contribution in [0.1, 0.15) is 25.3 Å². The summed E-state index contributed by atoms with van der Waals surface area (Å²) in [4.78, 5) is 12.6. The van der Waals surface area contributed by atoms with E-state index >= 15 is 0 Å². The molecule has 1 aliphatic carbocycles. The van der Waals surface area contributed by atoms with Gasteiger partial charge in [-0.15, -0.1) is 0 Å². The van der Waals surface area contributed by atoms with Crippen molar-refractivity contribution in [2.24, 2.45) is 0 Å². The normalized spacial score (nSPS) is 15.8. The summed E-state index contributed by atoms with van der Waals surface area (Å²) in [5.74, 6) is 0.272. The van der Waals surface area contributed by atoms with E-state index in [9.17, 15) is 9.36 Å². The number of esters is 1. The van der Waals surface area contributed by atoms with Crippen molar-refractivity contribution >= 4 is 24.5 Å². The molecule has 0 aliphatic heterocycles. The Morgan fingerprint density at radius 3 is 2.52 bits per heavy atom. The molecule has 7 heteroatoms. The number of nitrogens with one attached hydrogen (secondary N) is 1. The molecule has 0 heterocycles. The zero-order valence-electron chi connectivity index (χ0n) is 18.3. The molecule has 0 aromatic heterocycles. The highest BCUT2D eigenvalue weighted by molar-refractivity contribution is 7.52. The minimum atomic E-state index is -3.99. The van der Waals surface area contributed by atoms with Gasteiger partial charge in [-0.2, -0.15) is 5.09 Å². The lowest BCUT2D eigenvalue weighted by molar-refractivity contribution is -0.146. The lowest BCUT2D eigenvalue weighted by atomic mass is 10.1. The standard InChI is InChI=1S/C26H26NO5P/c1-20(26(28)30-19-21-11-4-2-5-12-21)27-33(29,31-23-15-6-3-7-16-23)32-25-18-10-14-22-13-8-9-17-24(22)25/h2,4-6,8-18,20H,3,7,19H2,1H3,(H,27,29)/t20-,33?/m0/s1. The zero-order chi connectivity index (χ0) is 23.1. The number of ether oxygens (including phenoxy) is 1. The molecule has 1 N–H and O–H groups in total. The van der Waals surface area contributed by atoms with Crippen LogP contribution < -0.4 is 9.61 Å². The minimum Gasteiger partial charge on any atom is -0.460 e. The molecule has 3 aromatic rings. The number of hydrogen-bond acceptors (Lipinski definition) is 5. The van der Waals surface area contributed by atoms with Crippen LogP contribution in [0.15, 0.2) is 96.8 Å². The molecule has 0 saturated carbocycles. The molecule has 1 unspecified atom stereocenters. The van der Waals surface area contributed by atoms with Crippen molar-refractivity contribution in [2.45, 2.75) is 32.4 Å². The van der Waals surface area contributed by atoms with E-state index in [1.807, 2.05) is 78.9 Å². The summed E-state index contributed by atoms with van der Waals surface area (Å²) in [6, 6.07) is 21.5. The van der Waals surface area contributed by atoms with Gasteiger partial charge in [0.25, 0.3) is 0 Å². The van der Waals surface area contributed by atoms with Crippen LogP contribution >= 0.6 is 7.75 Å². The largest absolute Gasteiger partial charge is 0.513 e. The summed E-state index contributed by atoms with van der Waals surface area (Å²) in [6.07, 6.45) is 7.20. The minimum absolute atomic E-state index is 0.120. The summed E-state index contributed by atoms with van der Waals surface area (Å²) in [5.41, 5.74) is 0.863.